The molecular formula is C19H14ClFN2OS. The highest BCUT2D eigenvalue weighted by molar-refractivity contribution is 7.15. The summed E-state index contributed by atoms with van der Waals surface area (Å²) in [7, 11) is 0. The maximum atomic E-state index is 12.9. The van der Waals surface area contributed by atoms with Crippen molar-refractivity contribution in [2.75, 3.05) is 5.32 Å². The van der Waals surface area contributed by atoms with Crippen LogP contribution in [-0.4, -0.2) is 10.9 Å². The van der Waals surface area contributed by atoms with Gasteiger partial charge in [0.1, 0.15) is 5.82 Å². The zero-order chi connectivity index (χ0) is 17.6. The molecule has 3 rings (SSSR count). The summed E-state index contributed by atoms with van der Waals surface area (Å²) in [6, 6.07) is 13.5. The molecule has 1 aromatic heterocycles. The smallest absolute Gasteiger partial charge is 0.250 e. The number of nitrogens with one attached hydrogen (secondary N) is 1. The highest BCUT2D eigenvalue weighted by atomic mass is 35.5. The topological polar surface area (TPSA) is 42.0 Å². The van der Waals surface area contributed by atoms with E-state index in [2.05, 4.69) is 10.3 Å². The third-order valence-electron chi connectivity index (χ3n) is 3.37. The summed E-state index contributed by atoms with van der Waals surface area (Å²) in [6.07, 6.45) is 5.52. The van der Waals surface area contributed by atoms with E-state index in [0.29, 0.717) is 16.6 Å². The lowest BCUT2D eigenvalue weighted by molar-refractivity contribution is -0.111. The number of carbonyl (C=O) groups is 1. The van der Waals surface area contributed by atoms with Crippen LogP contribution in [0.3, 0.4) is 0 Å². The number of rotatable bonds is 5. The Hall–Kier alpha value is -2.50. The molecule has 0 saturated heterocycles. The van der Waals surface area contributed by atoms with Gasteiger partial charge in [0.25, 0.3) is 0 Å². The molecule has 0 fully saturated rings. The van der Waals surface area contributed by atoms with Gasteiger partial charge in [0.2, 0.25) is 5.91 Å². The summed E-state index contributed by atoms with van der Waals surface area (Å²) >= 11 is 7.22. The van der Waals surface area contributed by atoms with Gasteiger partial charge in [0.05, 0.1) is 0 Å². The summed E-state index contributed by atoms with van der Waals surface area (Å²) in [4.78, 5) is 17.1. The second-order valence-corrected chi connectivity index (χ2v) is 6.86. The molecule has 6 heteroatoms. The minimum atomic E-state index is -0.256. The number of benzene rings is 2. The molecule has 3 aromatic rings. The highest BCUT2D eigenvalue weighted by Crippen LogP contribution is 2.21. The number of hydrogen-bond donors (Lipinski definition) is 1. The summed E-state index contributed by atoms with van der Waals surface area (Å²) in [5.74, 6) is -0.508. The van der Waals surface area contributed by atoms with Crippen LogP contribution in [0.25, 0.3) is 6.08 Å². The molecule has 1 amide bonds. The maximum Gasteiger partial charge on any atom is 0.250 e. The number of aromatic nitrogens is 1. The van der Waals surface area contributed by atoms with E-state index >= 15 is 0 Å². The lowest BCUT2D eigenvalue weighted by Gasteiger charge is -1.98. The fourth-order valence-corrected chi connectivity index (χ4v) is 3.12. The molecule has 0 spiro atoms. The van der Waals surface area contributed by atoms with Crippen molar-refractivity contribution in [1.29, 1.82) is 0 Å². The van der Waals surface area contributed by atoms with E-state index in [-0.39, 0.29) is 11.7 Å². The summed E-state index contributed by atoms with van der Waals surface area (Å²) in [5, 5.41) is 3.92. The van der Waals surface area contributed by atoms with Crippen LogP contribution in [0.1, 0.15) is 16.0 Å². The number of hydrogen-bond acceptors (Lipinski definition) is 3. The Morgan fingerprint density at radius 1 is 1.16 bits per heavy atom. The number of thiazole rings is 1. The number of anilines is 1. The average molecular weight is 373 g/mol. The lowest BCUT2D eigenvalue weighted by Crippen LogP contribution is -2.07. The fraction of sp³-hybridized carbons (Fsp3) is 0.0526. The van der Waals surface area contributed by atoms with Gasteiger partial charge in [-0.1, -0.05) is 35.9 Å². The Kier molecular flexibility index (Phi) is 5.58. The molecule has 25 heavy (non-hydrogen) atoms. The standard InChI is InChI=1S/C19H14ClFN2OS/c20-15-6-1-13(2-7-15)5-10-18(24)23-19-22-12-17(25-19)11-14-3-8-16(21)9-4-14/h1-10,12H,11H2,(H,22,23,24). The van der Waals surface area contributed by atoms with E-state index in [9.17, 15) is 9.18 Å². The van der Waals surface area contributed by atoms with Crippen molar-refractivity contribution >= 4 is 40.1 Å². The van der Waals surface area contributed by atoms with Gasteiger partial charge in [0, 0.05) is 28.6 Å². The first kappa shape index (κ1) is 17.3. The number of nitrogens with zero attached hydrogens (tertiary/aromatic N) is 1. The lowest BCUT2D eigenvalue weighted by atomic mass is 10.1. The fourth-order valence-electron chi connectivity index (χ4n) is 2.14. The third-order valence-corrected chi connectivity index (χ3v) is 4.54. The van der Waals surface area contributed by atoms with Crippen molar-refractivity contribution in [3.63, 3.8) is 0 Å². The van der Waals surface area contributed by atoms with Crippen molar-refractivity contribution in [3.05, 3.63) is 87.6 Å². The van der Waals surface area contributed by atoms with Gasteiger partial charge in [-0.15, -0.1) is 11.3 Å². The van der Waals surface area contributed by atoms with Gasteiger partial charge in [-0.25, -0.2) is 9.37 Å². The second kappa shape index (κ2) is 8.05. The maximum absolute atomic E-state index is 12.9. The van der Waals surface area contributed by atoms with Crippen molar-refractivity contribution < 1.29 is 9.18 Å². The molecule has 126 valence electrons. The molecule has 0 aliphatic heterocycles. The van der Waals surface area contributed by atoms with E-state index in [4.69, 9.17) is 11.6 Å². The zero-order valence-electron chi connectivity index (χ0n) is 13.1. The van der Waals surface area contributed by atoms with Gasteiger partial charge in [0.15, 0.2) is 5.13 Å². The Bertz CT molecular complexity index is 889. The van der Waals surface area contributed by atoms with Crippen LogP contribution in [0.4, 0.5) is 9.52 Å². The van der Waals surface area contributed by atoms with E-state index < -0.39 is 0 Å². The summed E-state index contributed by atoms with van der Waals surface area (Å²) < 4.78 is 12.9. The number of amides is 1. The molecular weight excluding hydrogens is 359 g/mol. The van der Waals surface area contributed by atoms with Gasteiger partial charge >= 0.3 is 0 Å². The molecule has 0 atom stereocenters. The van der Waals surface area contributed by atoms with E-state index in [0.717, 1.165) is 16.0 Å². The monoisotopic (exact) mass is 372 g/mol. The van der Waals surface area contributed by atoms with E-state index in [1.165, 1.54) is 29.5 Å². The first-order valence-corrected chi connectivity index (χ1v) is 8.72. The molecule has 0 aliphatic rings. The molecule has 0 unspecified atom stereocenters. The van der Waals surface area contributed by atoms with Gasteiger partial charge < -0.3 is 0 Å². The van der Waals surface area contributed by atoms with Gasteiger partial charge in [-0.3, -0.25) is 10.1 Å². The molecule has 0 radical (unpaired) electrons. The quantitative estimate of drug-likeness (QED) is 0.627. The minimum absolute atomic E-state index is 0.252. The van der Waals surface area contributed by atoms with Crippen LogP contribution in [0.15, 0.2) is 60.8 Å². The zero-order valence-corrected chi connectivity index (χ0v) is 14.7. The van der Waals surface area contributed by atoms with E-state index in [1.807, 2.05) is 12.1 Å². The van der Waals surface area contributed by atoms with Crippen LogP contribution in [0, 0.1) is 5.82 Å². The minimum Gasteiger partial charge on any atom is -0.298 e. The van der Waals surface area contributed by atoms with Crippen LogP contribution < -0.4 is 5.32 Å². The first-order valence-electron chi connectivity index (χ1n) is 7.52. The highest BCUT2D eigenvalue weighted by Gasteiger charge is 2.05. The largest absolute Gasteiger partial charge is 0.298 e. The summed E-state index contributed by atoms with van der Waals surface area (Å²) in [6.45, 7) is 0. The molecule has 1 heterocycles. The van der Waals surface area contributed by atoms with Crippen LogP contribution >= 0.6 is 22.9 Å². The van der Waals surface area contributed by atoms with Crippen molar-refractivity contribution in [2.45, 2.75) is 6.42 Å². The first-order chi connectivity index (χ1) is 12.1. The van der Waals surface area contributed by atoms with Crippen molar-refractivity contribution in [1.82, 2.24) is 4.98 Å². The normalized spacial score (nSPS) is 11.0. The van der Waals surface area contributed by atoms with Crippen molar-refractivity contribution in [2.24, 2.45) is 0 Å². The predicted octanol–water partition coefficient (Wildman–Crippen LogP) is 5.18. The Labute approximate surface area is 153 Å². The summed E-state index contributed by atoms with van der Waals surface area (Å²) in [5.41, 5.74) is 1.88. The van der Waals surface area contributed by atoms with Crippen molar-refractivity contribution in [3.8, 4) is 0 Å². The Balaban J connectivity index is 1.57. The molecule has 2 aromatic carbocycles. The SMILES string of the molecule is O=C(C=Cc1ccc(Cl)cc1)Nc1ncc(Cc2ccc(F)cc2)s1. The molecule has 1 N–H and O–H groups in total. The molecule has 0 aliphatic carbocycles. The number of carbonyl (C=O) groups excluding carboxylic acids is 1. The Morgan fingerprint density at radius 2 is 1.88 bits per heavy atom. The molecule has 3 nitrogen and oxygen atoms in total. The van der Waals surface area contributed by atoms with Gasteiger partial charge in [-0.2, -0.15) is 0 Å². The van der Waals surface area contributed by atoms with Crippen LogP contribution in [-0.2, 0) is 11.2 Å². The average Bonchev–Trinajstić information content (AvgIpc) is 3.03. The Morgan fingerprint density at radius 3 is 2.60 bits per heavy atom. The van der Waals surface area contributed by atoms with E-state index in [1.54, 1.807) is 36.5 Å². The molecule has 0 saturated carbocycles. The van der Waals surface area contributed by atoms with Crippen LogP contribution in [0.5, 0.6) is 0 Å². The second-order valence-electron chi connectivity index (χ2n) is 5.31. The predicted molar refractivity (Wildman–Crippen MR) is 100 cm³/mol. The van der Waals surface area contributed by atoms with Gasteiger partial charge in [-0.05, 0) is 41.5 Å². The third kappa shape index (κ3) is 5.24. The molecule has 0 bridgehead atoms. The number of halogens is 2. The van der Waals surface area contributed by atoms with Crippen LogP contribution in [0.2, 0.25) is 5.02 Å².